The number of morpholine rings is 1. The second kappa shape index (κ2) is 10.4. The van der Waals surface area contributed by atoms with Crippen LogP contribution in [0.4, 0.5) is 4.39 Å². The van der Waals surface area contributed by atoms with Crippen LogP contribution in [-0.4, -0.2) is 73.1 Å². The van der Waals surface area contributed by atoms with E-state index in [1.54, 1.807) is 11.6 Å². The number of ether oxygens (including phenoxy) is 1. The fourth-order valence-electron chi connectivity index (χ4n) is 5.13. The summed E-state index contributed by atoms with van der Waals surface area (Å²) in [5.74, 6) is -1.36. The molecule has 1 aromatic heterocycles. The Balaban J connectivity index is 1.52. The molecule has 2 fully saturated rings. The maximum absolute atomic E-state index is 13.8. The Bertz CT molecular complexity index is 1360. The van der Waals surface area contributed by atoms with E-state index in [1.165, 1.54) is 23.5 Å². The fourth-order valence-corrected chi connectivity index (χ4v) is 6.64. The van der Waals surface area contributed by atoms with Crippen molar-refractivity contribution in [1.82, 2.24) is 19.9 Å². The number of hydrogen-bond acceptors (Lipinski definition) is 9. The molecule has 4 heterocycles. The number of halogens is 2. The molecule has 0 saturated carbocycles. The van der Waals surface area contributed by atoms with E-state index in [0.717, 1.165) is 6.07 Å². The van der Waals surface area contributed by atoms with E-state index in [-0.39, 0.29) is 35.3 Å². The topological polar surface area (TPSA) is 159 Å². The summed E-state index contributed by atoms with van der Waals surface area (Å²) in [5, 5.41) is 21.0. The molecule has 0 aliphatic carbocycles. The first kappa shape index (κ1) is 26.2. The number of amidine groups is 1. The highest BCUT2D eigenvalue weighted by molar-refractivity contribution is 7.87. The number of aliphatic imine (C=N–C) groups is 1. The number of carboxylic acid groups (broad SMARTS) is 1. The van der Waals surface area contributed by atoms with Crippen molar-refractivity contribution in [2.45, 2.75) is 37.0 Å². The number of piperidine rings is 1. The van der Waals surface area contributed by atoms with E-state index in [2.05, 4.69) is 24.9 Å². The van der Waals surface area contributed by atoms with Crippen LogP contribution >= 0.6 is 22.9 Å². The van der Waals surface area contributed by atoms with Crippen LogP contribution in [0, 0.1) is 5.82 Å². The van der Waals surface area contributed by atoms with Gasteiger partial charge in [-0.15, -0.1) is 11.3 Å². The van der Waals surface area contributed by atoms with E-state index < -0.39 is 28.0 Å². The monoisotopic (exact) mass is 570 g/mol. The second-order valence-corrected chi connectivity index (χ2v) is 11.7. The van der Waals surface area contributed by atoms with Crippen molar-refractivity contribution in [2.24, 2.45) is 10.1 Å². The van der Waals surface area contributed by atoms with Crippen molar-refractivity contribution in [3.05, 3.63) is 62.5 Å². The van der Waals surface area contributed by atoms with E-state index in [9.17, 15) is 22.7 Å². The third kappa shape index (κ3) is 5.70. The Morgan fingerprint density at radius 3 is 2.68 bits per heavy atom. The Morgan fingerprint density at radius 1 is 1.35 bits per heavy atom. The number of aliphatic carboxylic acids is 1. The number of nitrogens with two attached hydrogens (primary N) is 1. The number of benzene rings is 1. The van der Waals surface area contributed by atoms with Crippen molar-refractivity contribution < 1.29 is 27.4 Å². The molecule has 2 saturated heterocycles. The standard InChI is InChI=1S/C22H24ClFN6O5S2/c23-16-5-11(24)1-2-15(16)19-18(22(31)32)17(27-20(28-19)21-26-3-4-36-21)8-30-13-6-12(29-37(25,33)34)7-14(30)10-35-9-13/h1-5,12-14,19,29H,6-10H2,(H,27,28)(H,31,32)(H2,25,33,34)/t12-,13+,14-,19-/m0/s1. The van der Waals surface area contributed by atoms with Gasteiger partial charge in [0.25, 0.3) is 10.2 Å². The second-order valence-electron chi connectivity index (χ2n) is 9.05. The quantitative estimate of drug-likeness (QED) is 0.388. The minimum atomic E-state index is -3.87. The van der Waals surface area contributed by atoms with E-state index in [0.29, 0.717) is 48.2 Å². The lowest BCUT2D eigenvalue weighted by molar-refractivity contribution is -0.133. The summed E-state index contributed by atoms with van der Waals surface area (Å²) in [6, 6.07) is 2.07. The SMILES string of the molecule is NS(=O)(=O)N[C@@H]1C[C@H]2COC[C@@H](C1)N2CC1=C(C(=O)O)[C@H](c2ccc(F)cc2Cl)N=C(c2nccs2)N1. The summed E-state index contributed by atoms with van der Waals surface area (Å²) in [7, 11) is -3.87. The summed E-state index contributed by atoms with van der Waals surface area (Å²) >= 11 is 7.68. The van der Waals surface area contributed by atoms with Crippen molar-refractivity contribution in [2.75, 3.05) is 19.8 Å². The van der Waals surface area contributed by atoms with Crippen LogP contribution in [0.5, 0.6) is 0 Å². The van der Waals surface area contributed by atoms with Gasteiger partial charge in [0.1, 0.15) is 11.9 Å². The predicted octanol–water partition coefficient (Wildman–Crippen LogP) is 1.39. The molecule has 4 atom stereocenters. The van der Waals surface area contributed by atoms with Crippen molar-refractivity contribution >= 4 is 45.0 Å². The molecule has 1 aromatic carbocycles. The van der Waals surface area contributed by atoms with Gasteiger partial charge in [0.05, 0.1) is 18.8 Å². The summed E-state index contributed by atoms with van der Waals surface area (Å²) in [6.45, 7) is 0.924. The largest absolute Gasteiger partial charge is 0.478 e. The van der Waals surface area contributed by atoms with Crippen molar-refractivity contribution in [1.29, 1.82) is 0 Å². The van der Waals surface area contributed by atoms with Crippen LogP contribution < -0.4 is 15.2 Å². The molecule has 5 N–H and O–H groups in total. The highest BCUT2D eigenvalue weighted by Crippen LogP contribution is 2.37. The van der Waals surface area contributed by atoms with E-state index in [1.807, 2.05) is 0 Å². The number of carboxylic acids is 1. The fraction of sp³-hybridized carbons (Fsp3) is 0.409. The van der Waals surface area contributed by atoms with Crippen LogP contribution in [0.2, 0.25) is 5.02 Å². The van der Waals surface area contributed by atoms with Gasteiger partial charge in [0.15, 0.2) is 10.8 Å². The van der Waals surface area contributed by atoms with E-state index in [4.69, 9.17) is 21.5 Å². The normalized spacial score (nSPS) is 26.5. The molecule has 15 heteroatoms. The van der Waals surface area contributed by atoms with Gasteiger partial charge in [-0.3, -0.25) is 9.89 Å². The maximum atomic E-state index is 13.8. The zero-order chi connectivity index (χ0) is 26.3. The number of carbonyl (C=O) groups is 1. The molecular weight excluding hydrogens is 547 g/mol. The first-order valence-electron chi connectivity index (χ1n) is 11.4. The van der Waals surface area contributed by atoms with Crippen molar-refractivity contribution in [3.8, 4) is 0 Å². The minimum Gasteiger partial charge on any atom is -0.478 e. The first-order valence-corrected chi connectivity index (χ1v) is 14.2. The molecule has 2 bridgehead atoms. The lowest BCUT2D eigenvalue weighted by Gasteiger charge is -2.49. The molecule has 2 aromatic rings. The number of nitrogens with one attached hydrogen (secondary N) is 2. The Kier molecular flexibility index (Phi) is 7.33. The molecule has 11 nitrogen and oxygen atoms in total. The first-order chi connectivity index (χ1) is 17.6. The lowest BCUT2D eigenvalue weighted by Crippen LogP contribution is -2.62. The molecule has 198 valence electrons. The van der Waals surface area contributed by atoms with Crippen molar-refractivity contribution in [3.63, 3.8) is 0 Å². The van der Waals surface area contributed by atoms with Crippen LogP contribution in [0.3, 0.4) is 0 Å². The Hall–Kier alpha value is -2.46. The zero-order valence-corrected chi connectivity index (χ0v) is 21.7. The lowest BCUT2D eigenvalue weighted by atomic mass is 9.89. The zero-order valence-electron chi connectivity index (χ0n) is 19.3. The van der Waals surface area contributed by atoms with E-state index >= 15 is 0 Å². The van der Waals surface area contributed by atoms with Gasteiger partial charge in [-0.2, -0.15) is 13.1 Å². The van der Waals surface area contributed by atoms with Gasteiger partial charge in [0.2, 0.25) is 0 Å². The predicted molar refractivity (Wildman–Crippen MR) is 135 cm³/mol. The molecule has 5 rings (SSSR count). The summed E-state index contributed by atoms with van der Waals surface area (Å²) in [4.78, 5) is 23.6. The average molecular weight is 571 g/mol. The molecule has 0 radical (unpaired) electrons. The third-order valence-electron chi connectivity index (χ3n) is 6.59. The molecular formula is C22H24ClFN6O5S2. The van der Waals surface area contributed by atoms with Gasteiger partial charge in [-0.25, -0.2) is 19.3 Å². The van der Waals surface area contributed by atoms with Crippen LogP contribution in [0.25, 0.3) is 0 Å². The molecule has 0 spiro atoms. The van der Waals surface area contributed by atoms with Gasteiger partial charge in [-0.05, 0) is 25.0 Å². The van der Waals surface area contributed by atoms with Crippen LogP contribution in [0.1, 0.15) is 29.5 Å². The number of aromatic nitrogens is 1. The highest BCUT2D eigenvalue weighted by atomic mass is 35.5. The third-order valence-corrected chi connectivity index (χ3v) is 8.36. The van der Waals surface area contributed by atoms with Gasteiger partial charge in [-0.1, -0.05) is 17.7 Å². The van der Waals surface area contributed by atoms with Crippen LogP contribution in [0.15, 0.2) is 46.0 Å². The molecule has 37 heavy (non-hydrogen) atoms. The smallest absolute Gasteiger partial charge is 0.335 e. The van der Waals surface area contributed by atoms with Gasteiger partial charge >= 0.3 is 5.97 Å². The number of rotatable bonds is 7. The number of hydrogen-bond donors (Lipinski definition) is 4. The molecule has 3 aliphatic heterocycles. The average Bonchev–Trinajstić information content (AvgIpc) is 3.33. The molecule has 0 amide bonds. The van der Waals surface area contributed by atoms with Crippen LogP contribution in [-0.2, 0) is 19.7 Å². The summed E-state index contributed by atoms with van der Waals surface area (Å²) < 4.78 is 45.2. The Morgan fingerprint density at radius 2 is 2.08 bits per heavy atom. The maximum Gasteiger partial charge on any atom is 0.335 e. The number of fused-ring (bicyclic) bond motifs is 2. The van der Waals surface area contributed by atoms with Gasteiger partial charge < -0.3 is 15.2 Å². The highest BCUT2D eigenvalue weighted by Gasteiger charge is 2.42. The minimum absolute atomic E-state index is 0.0161. The van der Waals surface area contributed by atoms with Gasteiger partial charge in [0, 0.05) is 52.5 Å². The summed E-state index contributed by atoms with van der Waals surface area (Å²) in [6.07, 6.45) is 2.51. The molecule has 3 aliphatic rings. The molecule has 0 unspecified atom stereocenters. The Labute approximate surface area is 221 Å². The number of nitrogens with zero attached hydrogens (tertiary/aromatic N) is 3. The summed E-state index contributed by atoms with van der Waals surface area (Å²) in [5.41, 5.74) is 0.735. The number of thiazole rings is 1.